The highest BCUT2D eigenvalue weighted by atomic mass is 19.1. The van der Waals surface area contributed by atoms with Gasteiger partial charge in [0.05, 0.1) is 0 Å². The molecular formula is C77H112F2N4O17. The Bertz CT molecular complexity index is 3190. The van der Waals surface area contributed by atoms with Crippen LogP contribution in [0, 0.1) is 10.8 Å². The fraction of sp³-hybridized carbons (Fsp3) is 0.649. The first kappa shape index (κ1) is 83.1. The molecule has 4 amide bonds. The van der Waals surface area contributed by atoms with Crippen LogP contribution in [-0.2, 0) is 95.7 Å². The van der Waals surface area contributed by atoms with Gasteiger partial charge in [0.1, 0.15) is 47.7 Å². The van der Waals surface area contributed by atoms with Gasteiger partial charge >= 0.3 is 35.9 Å². The first-order valence-electron chi connectivity index (χ1n) is 34.9. The average Bonchev–Trinajstić information content (AvgIpc) is 0.823. The van der Waals surface area contributed by atoms with Crippen LogP contribution in [0.5, 0.6) is 0 Å². The van der Waals surface area contributed by atoms with Crippen molar-refractivity contribution in [3.8, 4) is 0 Å². The molecule has 0 bridgehead atoms. The average molecular weight is 1400 g/mol. The Morgan fingerprint density at radius 3 is 1.22 bits per heavy atom. The molecule has 0 spiro atoms. The Kier molecular flexibility index (Phi) is 30.2. The monoisotopic (exact) mass is 1400 g/mol. The van der Waals surface area contributed by atoms with E-state index in [1.54, 1.807) is 57.2 Å². The van der Waals surface area contributed by atoms with E-state index in [1.807, 2.05) is 84.0 Å². The van der Waals surface area contributed by atoms with Gasteiger partial charge in [-0.2, -0.15) is 0 Å². The maximum absolute atomic E-state index is 16.2. The number of carbonyl (C=O) groups excluding carboxylic acids is 9. The van der Waals surface area contributed by atoms with E-state index < -0.39 is 136 Å². The van der Waals surface area contributed by atoms with Crippen LogP contribution in [0.25, 0.3) is 0 Å². The third-order valence-corrected chi connectivity index (χ3v) is 17.7. The van der Waals surface area contributed by atoms with Gasteiger partial charge in [0.2, 0.25) is 0 Å². The van der Waals surface area contributed by atoms with Crippen molar-refractivity contribution in [3.63, 3.8) is 0 Å². The number of amides is 4. The van der Waals surface area contributed by atoms with Gasteiger partial charge in [0.25, 0.3) is 17.7 Å². The SMILES string of the molecule is C[C@@H](OC(=O)[C@H](CC(C)(C)C)N(C)C(=O)[C@@H](Cc1ccc(C2CCOCC2)cc1)OC(=O)[C@H](CC(C)(C)F)N(C)C(=O)[C@@H](C)OC(=O)[C@H](CC(C)(C)C)N(C)C(=O)[C@@H](Cc1ccc(C2CCOCC2)cc1)OC(=O)[C@H](CCC(C)(C)F)N(C)C(=O)OC(C)(C)C)C(=O)OCc1ccccc1. The number of rotatable bonds is 31. The van der Waals surface area contributed by atoms with Gasteiger partial charge in [-0.1, -0.05) is 120 Å². The lowest BCUT2D eigenvalue weighted by Gasteiger charge is -2.36. The summed E-state index contributed by atoms with van der Waals surface area (Å²) in [6, 6.07) is 17.8. The first-order chi connectivity index (χ1) is 46.4. The maximum Gasteiger partial charge on any atom is 0.410 e. The second kappa shape index (κ2) is 36.4. The lowest BCUT2D eigenvalue weighted by molar-refractivity contribution is -0.176. The highest BCUT2D eigenvalue weighted by molar-refractivity contribution is 5.93. The van der Waals surface area contributed by atoms with Crippen LogP contribution < -0.4 is 0 Å². The molecule has 3 aromatic carbocycles. The molecule has 0 saturated carbocycles. The number of halogens is 2. The zero-order valence-corrected chi connectivity index (χ0v) is 62.6. The summed E-state index contributed by atoms with van der Waals surface area (Å²) in [4.78, 5) is 135. The van der Waals surface area contributed by atoms with Crippen molar-refractivity contribution in [1.29, 1.82) is 0 Å². The molecule has 2 saturated heterocycles. The zero-order chi connectivity index (χ0) is 74.8. The number of carbonyl (C=O) groups is 9. The van der Waals surface area contributed by atoms with Crippen molar-refractivity contribution in [3.05, 3.63) is 107 Å². The standard InChI is InChI=1S/C77H112F2N4O17/c1-49(96-69(89)59(45-73(3,4)5)81(17)65(85)62(43-51-25-29-54(30-26-51)56-34-39-93-40-35-56)98-68(88)58(33-38-76(12,13)78)83(19)72(92)100-75(9,10)11)64(84)80(16)61(47-77(14,15)79)71(91)99-63(44-52-27-31-55(32-28-52)57-36-41-94-42-37-57)66(86)82(18)60(46-74(6,7)8)70(90)97-50(2)67(87)95-48-53-23-21-20-22-24-53/h20-32,49-50,56-63H,33-48H2,1-19H3/t49-,50-,58+,59+,60+,61+,62-,63-/m1/s1. The van der Waals surface area contributed by atoms with E-state index in [-0.39, 0.29) is 57.0 Å². The minimum atomic E-state index is -2.17. The van der Waals surface area contributed by atoms with E-state index in [9.17, 15) is 28.8 Å². The van der Waals surface area contributed by atoms with E-state index in [2.05, 4.69) is 0 Å². The molecule has 0 N–H and O–H groups in total. The Hall–Kier alpha value is -7.53. The first-order valence-corrected chi connectivity index (χ1v) is 34.9. The topological polar surface area (TPSA) is 240 Å². The van der Waals surface area contributed by atoms with Gasteiger partial charge in [-0.05, 0) is 164 Å². The number of esters is 5. The smallest absolute Gasteiger partial charge is 0.410 e. The fourth-order valence-electron chi connectivity index (χ4n) is 12.0. The number of alkyl halides is 2. The van der Waals surface area contributed by atoms with Gasteiger partial charge in [0.15, 0.2) is 24.4 Å². The van der Waals surface area contributed by atoms with Crippen LogP contribution >= 0.6 is 0 Å². The molecule has 2 aliphatic heterocycles. The van der Waals surface area contributed by atoms with E-state index in [0.29, 0.717) is 43.1 Å². The number of likely N-dealkylation sites (N-methyl/N-ethyl adjacent to an activating group) is 4. The Labute approximate surface area is 591 Å². The molecule has 2 fully saturated rings. The van der Waals surface area contributed by atoms with Crippen LogP contribution in [0.1, 0.15) is 201 Å². The number of nitrogens with zero attached hydrogens (tertiary/aromatic N) is 4. The highest BCUT2D eigenvalue weighted by Crippen LogP contribution is 2.33. The van der Waals surface area contributed by atoms with Crippen LogP contribution in [0.2, 0.25) is 0 Å². The summed E-state index contributed by atoms with van der Waals surface area (Å²) >= 11 is 0. The molecule has 556 valence electrons. The lowest BCUT2D eigenvalue weighted by Crippen LogP contribution is -2.54. The minimum absolute atomic E-state index is 0.0180. The van der Waals surface area contributed by atoms with E-state index in [4.69, 9.17) is 37.9 Å². The second-order valence-electron chi connectivity index (χ2n) is 31.5. The van der Waals surface area contributed by atoms with Gasteiger partial charge < -0.3 is 52.6 Å². The Balaban J connectivity index is 1.46. The van der Waals surface area contributed by atoms with E-state index >= 15 is 23.2 Å². The minimum Gasteiger partial charge on any atom is -0.458 e. The summed E-state index contributed by atoms with van der Waals surface area (Å²) in [5.41, 5.74) is -2.34. The van der Waals surface area contributed by atoms with Crippen molar-refractivity contribution in [2.24, 2.45) is 10.8 Å². The Morgan fingerprint density at radius 2 is 0.830 bits per heavy atom. The molecule has 100 heavy (non-hydrogen) atoms. The van der Waals surface area contributed by atoms with Crippen LogP contribution in [0.3, 0.4) is 0 Å². The molecule has 0 aliphatic carbocycles. The van der Waals surface area contributed by atoms with Gasteiger partial charge in [-0.3, -0.25) is 19.3 Å². The van der Waals surface area contributed by atoms with Gasteiger partial charge in [-0.15, -0.1) is 0 Å². The van der Waals surface area contributed by atoms with Gasteiger partial charge in [-0.25, -0.2) is 37.5 Å². The number of hydrogen-bond donors (Lipinski definition) is 0. The summed E-state index contributed by atoms with van der Waals surface area (Å²) in [7, 11) is 5.19. The van der Waals surface area contributed by atoms with Crippen molar-refractivity contribution >= 4 is 53.7 Å². The molecular weight excluding hydrogens is 1290 g/mol. The maximum atomic E-state index is 16.2. The van der Waals surface area contributed by atoms with E-state index in [1.165, 1.54) is 69.7 Å². The summed E-state index contributed by atoms with van der Waals surface area (Å²) in [6.07, 6.45) is -5.70. The molecule has 0 aromatic heterocycles. The van der Waals surface area contributed by atoms with Crippen molar-refractivity contribution in [1.82, 2.24) is 19.6 Å². The molecule has 0 radical (unpaired) electrons. The number of hydrogen-bond acceptors (Lipinski definition) is 17. The summed E-state index contributed by atoms with van der Waals surface area (Å²) in [6.45, 7) is 25.9. The molecule has 5 rings (SSSR count). The van der Waals surface area contributed by atoms with Gasteiger partial charge in [0, 0.05) is 73.9 Å². The molecule has 2 heterocycles. The summed E-state index contributed by atoms with van der Waals surface area (Å²) < 4.78 is 77.6. The molecule has 3 aromatic rings. The number of benzene rings is 3. The van der Waals surface area contributed by atoms with Crippen LogP contribution in [-0.4, -0.2) is 193 Å². The second-order valence-corrected chi connectivity index (χ2v) is 31.5. The number of ether oxygens (including phenoxy) is 8. The van der Waals surface area contributed by atoms with Crippen molar-refractivity contribution in [2.45, 2.75) is 258 Å². The third-order valence-electron chi connectivity index (χ3n) is 17.7. The quantitative estimate of drug-likeness (QED) is 0.0429. The molecule has 2 aliphatic rings. The largest absolute Gasteiger partial charge is 0.458 e. The molecule has 21 nitrogen and oxygen atoms in total. The van der Waals surface area contributed by atoms with Crippen molar-refractivity contribution < 1.29 is 89.8 Å². The highest BCUT2D eigenvalue weighted by Gasteiger charge is 2.45. The summed E-state index contributed by atoms with van der Waals surface area (Å²) in [5, 5.41) is 0. The van der Waals surface area contributed by atoms with E-state index in [0.717, 1.165) is 56.4 Å². The zero-order valence-electron chi connectivity index (χ0n) is 62.6. The fourth-order valence-corrected chi connectivity index (χ4v) is 12.0. The molecule has 23 heteroatoms. The molecule has 8 atom stereocenters. The summed E-state index contributed by atoms with van der Waals surface area (Å²) in [5.74, 6) is -7.34. The predicted octanol–water partition coefficient (Wildman–Crippen LogP) is 11.9. The normalized spacial score (nSPS) is 16.7. The lowest BCUT2D eigenvalue weighted by atomic mass is 9.87. The third kappa shape index (κ3) is 27.1. The molecule has 0 unspecified atom stereocenters. The Morgan fingerprint density at radius 1 is 0.450 bits per heavy atom. The van der Waals surface area contributed by atoms with Crippen LogP contribution in [0.4, 0.5) is 13.6 Å². The predicted molar refractivity (Wildman–Crippen MR) is 373 cm³/mol. The van der Waals surface area contributed by atoms with Crippen LogP contribution in [0.15, 0.2) is 78.9 Å². The van der Waals surface area contributed by atoms with Crippen molar-refractivity contribution in [2.75, 3.05) is 54.6 Å².